The summed E-state index contributed by atoms with van der Waals surface area (Å²) in [6.07, 6.45) is 0.841. The van der Waals surface area contributed by atoms with Crippen LogP contribution >= 0.6 is 21.6 Å². The Labute approximate surface area is 139 Å². The average Bonchev–Trinajstić information content (AvgIpc) is 2.46. The van der Waals surface area contributed by atoms with E-state index in [0.29, 0.717) is 6.54 Å². The van der Waals surface area contributed by atoms with Gasteiger partial charge in [-0.15, -0.1) is 0 Å². The molecule has 128 valence electrons. The molecule has 0 aromatic heterocycles. The number of carbonyl (C=O) groups excluding carboxylic acids is 3. The van der Waals surface area contributed by atoms with Crippen LogP contribution in [0.3, 0.4) is 0 Å². The van der Waals surface area contributed by atoms with Gasteiger partial charge < -0.3 is 20.7 Å². The highest BCUT2D eigenvalue weighted by Gasteiger charge is 2.38. The Hall–Kier alpha value is -0.930. The summed E-state index contributed by atoms with van der Waals surface area (Å²) < 4.78 is 4.03. The smallest absolute Gasteiger partial charge is 0.329 e. The molecule has 0 aliphatic rings. The summed E-state index contributed by atoms with van der Waals surface area (Å²) in [6, 6.07) is -0.828. The van der Waals surface area contributed by atoms with Gasteiger partial charge in [0.15, 0.2) is 0 Å². The van der Waals surface area contributed by atoms with E-state index in [2.05, 4.69) is 11.1 Å². The largest absolute Gasteiger partial charge is 0.467 e. The van der Waals surface area contributed by atoms with Crippen LogP contribution in [0.4, 0.5) is 4.79 Å². The minimum Gasteiger partial charge on any atom is -0.467 e. The first-order chi connectivity index (χ1) is 10.2. The molecule has 0 aliphatic heterocycles. The molecule has 22 heavy (non-hydrogen) atoms. The molecule has 0 rings (SSSR count). The molecule has 0 bridgehead atoms. The Balaban J connectivity index is 4.72. The van der Waals surface area contributed by atoms with Crippen LogP contribution in [0.5, 0.6) is 0 Å². The van der Waals surface area contributed by atoms with E-state index in [1.807, 2.05) is 0 Å². The summed E-state index contributed by atoms with van der Waals surface area (Å²) in [6.45, 7) is 6.31. The van der Waals surface area contributed by atoms with Crippen LogP contribution in [0.25, 0.3) is 0 Å². The van der Waals surface area contributed by atoms with E-state index in [4.69, 9.17) is 4.74 Å². The van der Waals surface area contributed by atoms with Gasteiger partial charge in [0.25, 0.3) is 5.24 Å². The highest BCUT2D eigenvalue weighted by molar-refractivity contribution is 8.82. The molecule has 7 nitrogen and oxygen atoms in total. The number of amides is 2. The first kappa shape index (κ1) is 21.1. The van der Waals surface area contributed by atoms with Crippen molar-refractivity contribution in [1.82, 2.24) is 10.2 Å². The van der Waals surface area contributed by atoms with Crippen molar-refractivity contribution < 1.29 is 24.9 Å². The number of rotatable bonds is 8. The molecule has 1 unspecified atom stereocenters. The Kier molecular flexibility index (Phi) is 9.54. The lowest BCUT2D eigenvalue weighted by molar-refractivity contribution is -0.368. The molecule has 0 aliphatic carbocycles. The Morgan fingerprint density at radius 2 is 1.95 bits per heavy atom. The summed E-state index contributed by atoms with van der Waals surface area (Å²) in [5, 5.41) is 2.48. The fourth-order valence-electron chi connectivity index (χ4n) is 1.53. The summed E-state index contributed by atoms with van der Waals surface area (Å²) in [5.74, 6) is -0.862. The third-order valence-corrected chi connectivity index (χ3v) is 6.03. The quantitative estimate of drug-likeness (QED) is 0.487. The first-order valence-corrected chi connectivity index (χ1v) is 9.05. The fourth-order valence-corrected chi connectivity index (χ4v) is 3.82. The Morgan fingerprint density at radius 1 is 1.36 bits per heavy atom. The van der Waals surface area contributed by atoms with Crippen LogP contribution in [0.15, 0.2) is 0 Å². The molecular weight excluding hydrogens is 326 g/mol. The molecule has 0 spiro atoms. The minimum absolute atomic E-state index is 0.0991. The van der Waals surface area contributed by atoms with Crippen molar-refractivity contribution in [2.75, 3.05) is 27.2 Å². The van der Waals surface area contributed by atoms with Crippen molar-refractivity contribution in [2.24, 2.45) is 0 Å². The van der Waals surface area contributed by atoms with Gasteiger partial charge >= 0.3 is 5.97 Å². The van der Waals surface area contributed by atoms with Gasteiger partial charge in [-0.3, -0.25) is 9.59 Å². The molecule has 4 N–H and O–H groups in total. The standard InChI is InChI=1S/C13H25N3O4S2/c1-9(17)15-10(11(18)20-5)13(2,3)22-21-12(19)16(4)8-6-7-14/h10H,6-8,14H2,1-5H3,(H,15,17)/p+1. The normalized spacial score (nSPS) is 12.5. The van der Waals surface area contributed by atoms with Gasteiger partial charge in [0.1, 0.15) is 6.04 Å². The second kappa shape index (κ2) is 9.96. The minimum atomic E-state index is -0.828. The highest BCUT2D eigenvalue weighted by Crippen LogP contribution is 2.39. The van der Waals surface area contributed by atoms with Crippen LogP contribution in [0.2, 0.25) is 0 Å². The Morgan fingerprint density at radius 3 is 2.41 bits per heavy atom. The van der Waals surface area contributed by atoms with Crippen molar-refractivity contribution in [3.05, 3.63) is 0 Å². The average molecular weight is 353 g/mol. The Bertz CT molecular complexity index is 405. The van der Waals surface area contributed by atoms with Crippen molar-refractivity contribution in [2.45, 2.75) is 38.0 Å². The molecule has 0 saturated carbocycles. The van der Waals surface area contributed by atoms with Crippen molar-refractivity contribution in [1.29, 1.82) is 0 Å². The van der Waals surface area contributed by atoms with Gasteiger partial charge in [0.2, 0.25) is 5.91 Å². The molecule has 0 aromatic rings. The van der Waals surface area contributed by atoms with Crippen molar-refractivity contribution in [3.63, 3.8) is 0 Å². The van der Waals surface area contributed by atoms with Gasteiger partial charge in [-0.25, -0.2) is 4.79 Å². The van der Waals surface area contributed by atoms with Gasteiger partial charge in [-0.1, -0.05) is 10.8 Å². The predicted molar refractivity (Wildman–Crippen MR) is 89.3 cm³/mol. The van der Waals surface area contributed by atoms with Crippen LogP contribution in [-0.2, 0) is 14.3 Å². The van der Waals surface area contributed by atoms with Crippen LogP contribution in [-0.4, -0.2) is 60.1 Å². The maximum atomic E-state index is 12.0. The second-order valence-electron chi connectivity index (χ2n) is 5.32. The van der Waals surface area contributed by atoms with E-state index in [0.717, 1.165) is 23.8 Å². The number of hydrogen-bond acceptors (Lipinski definition) is 6. The lowest BCUT2D eigenvalue weighted by atomic mass is 10.0. The zero-order valence-corrected chi connectivity index (χ0v) is 15.4. The third-order valence-electron chi connectivity index (χ3n) is 2.86. The number of methoxy groups -OCH3 is 1. The van der Waals surface area contributed by atoms with E-state index in [1.54, 1.807) is 25.8 Å². The topological polar surface area (TPSA) is 103 Å². The molecule has 0 saturated heterocycles. The van der Waals surface area contributed by atoms with Gasteiger partial charge in [0.05, 0.1) is 18.4 Å². The van der Waals surface area contributed by atoms with Crippen molar-refractivity contribution in [3.8, 4) is 0 Å². The second-order valence-corrected chi connectivity index (χ2v) is 8.06. The highest BCUT2D eigenvalue weighted by atomic mass is 33.1. The van der Waals surface area contributed by atoms with E-state index in [9.17, 15) is 14.4 Å². The van der Waals surface area contributed by atoms with Crippen LogP contribution in [0.1, 0.15) is 27.2 Å². The summed E-state index contributed by atoms with van der Waals surface area (Å²) in [7, 11) is 5.28. The number of nitrogens with zero attached hydrogens (tertiary/aromatic N) is 1. The SMILES string of the molecule is COC(=O)C(NC(C)=O)C(C)(C)SSC(=O)N(C)CCC[NH3+]. The van der Waals surface area contributed by atoms with E-state index in [-0.39, 0.29) is 11.1 Å². The first-order valence-electron chi connectivity index (χ1n) is 6.90. The third kappa shape index (κ3) is 7.37. The molecule has 0 fully saturated rings. The number of ether oxygens (including phenoxy) is 1. The molecule has 1 atom stereocenters. The van der Waals surface area contributed by atoms with Gasteiger partial charge in [-0.05, 0) is 13.8 Å². The maximum absolute atomic E-state index is 12.0. The predicted octanol–water partition coefficient (Wildman–Crippen LogP) is 0.508. The molecule has 2 amide bonds. The molecule has 0 aromatic carbocycles. The van der Waals surface area contributed by atoms with Crippen LogP contribution < -0.4 is 11.1 Å². The summed E-state index contributed by atoms with van der Waals surface area (Å²) >= 11 is 0. The van der Waals surface area contributed by atoms with E-state index in [1.165, 1.54) is 24.8 Å². The number of hydrogen-bond donors (Lipinski definition) is 2. The number of nitrogens with one attached hydrogen (secondary N) is 1. The van der Waals surface area contributed by atoms with E-state index >= 15 is 0 Å². The molecule has 9 heteroatoms. The lowest BCUT2D eigenvalue weighted by Gasteiger charge is -2.31. The van der Waals surface area contributed by atoms with Crippen LogP contribution in [0, 0.1) is 0 Å². The van der Waals surface area contributed by atoms with Crippen molar-refractivity contribution >= 4 is 38.7 Å². The number of esters is 1. The zero-order chi connectivity index (χ0) is 17.3. The maximum Gasteiger partial charge on any atom is 0.329 e. The summed E-state index contributed by atoms with van der Waals surface area (Å²) in [4.78, 5) is 36.8. The van der Waals surface area contributed by atoms with Gasteiger partial charge in [0, 0.05) is 37.7 Å². The number of carbonyl (C=O) groups is 3. The molecular formula is C13H26N3O4S2+. The zero-order valence-electron chi connectivity index (χ0n) is 13.8. The summed E-state index contributed by atoms with van der Waals surface area (Å²) in [5.41, 5.74) is 3.74. The fraction of sp³-hybridized carbons (Fsp3) is 0.769. The molecule has 0 heterocycles. The van der Waals surface area contributed by atoms with E-state index < -0.39 is 16.8 Å². The number of quaternary nitrogens is 1. The van der Waals surface area contributed by atoms with Gasteiger partial charge in [-0.2, -0.15) is 0 Å². The lowest BCUT2D eigenvalue weighted by Crippen LogP contribution is -2.52. The molecule has 0 radical (unpaired) electrons. The monoisotopic (exact) mass is 352 g/mol.